The maximum Gasteiger partial charge on any atom is 0.0358 e. The van der Waals surface area contributed by atoms with Gasteiger partial charge < -0.3 is 4.90 Å². The van der Waals surface area contributed by atoms with Gasteiger partial charge in [0.05, 0.1) is 0 Å². The molecule has 54 valence electrons. The lowest BCUT2D eigenvalue weighted by Crippen LogP contribution is -2.17. The molecule has 0 fully saturated rings. The van der Waals surface area contributed by atoms with Gasteiger partial charge in [-0.2, -0.15) is 5.53 Å². The predicted octanol–water partition coefficient (Wildman–Crippen LogP) is 0.474. The van der Waals surface area contributed by atoms with Gasteiger partial charge in [-0.25, -0.2) is 0 Å². The summed E-state index contributed by atoms with van der Waals surface area (Å²) >= 11 is 0. The van der Waals surface area contributed by atoms with Crippen molar-refractivity contribution in [2.24, 2.45) is 5.22 Å². The quantitative estimate of drug-likeness (QED) is 0.323. The van der Waals surface area contributed by atoms with Crippen molar-refractivity contribution in [2.75, 3.05) is 27.2 Å². The van der Waals surface area contributed by atoms with Crippen molar-refractivity contribution in [2.45, 2.75) is 6.42 Å². The largest absolute Gasteiger partial charge is 0.309 e. The molecule has 0 atom stereocenters. The summed E-state index contributed by atoms with van der Waals surface area (Å²) in [4.78, 5) is 2.10. The third-order valence-corrected chi connectivity index (χ3v) is 0.973. The van der Waals surface area contributed by atoms with E-state index in [1.165, 1.54) is 0 Å². The van der Waals surface area contributed by atoms with E-state index in [4.69, 9.17) is 5.53 Å². The first kappa shape index (κ1) is 8.36. The normalized spacial score (nSPS) is 9.67. The summed E-state index contributed by atoms with van der Waals surface area (Å²) < 4.78 is 0. The average molecular weight is 130 g/mol. The highest BCUT2D eigenvalue weighted by Gasteiger charge is 1.87. The lowest BCUT2D eigenvalue weighted by molar-refractivity contribution is 0.394. The molecule has 0 saturated carbocycles. The van der Waals surface area contributed by atoms with Gasteiger partial charge in [0.1, 0.15) is 0 Å². The van der Waals surface area contributed by atoms with Crippen molar-refractivity contribution < 1.29 is 0 Å². The predicted molar refractivity (Wildman–Crippen MR) is 36.3 cm³/mol. The summed E-state index contributed by atoms with van der Waals surface area (Å²) in [5, 5.41) is 3.01. The van der Waals surface area contributed by atoms with E-state index in [1.807, 2.05) is 14.1 Å². The van der Waals surface area contributed by atoms with E-state index < -0.39 is 0 Å². The van der Waals surface area contributed by atoms with E-state index in [0.717, 1.165) is 19.5 Å². The van der Waals surface area contributed by atoms with E-state index in [1.54, 1.807) is 0 Å². The van der Waals surface area contributed by atoms with Crippen LogP contribution >= 0.6 is 0 Å². The fraction of sp³-hybridized carbons (Fsp3) is 1.00. The van der Waals surface area contributed by atoms with Crippen LogP contribution in [0, 0.1) is 5.53 Å². The van der Waals surface area contributed by atoms with Crippen molar-refractivity contribution in [1.82, 2.24) is 10.3 Å². The maximum absolute atomic E-state index is 6.39. The van der Waals surface area contributed by atoms with Crippen LogP contribution in [0.25, 0.3) is 0 Å². The standard InChI is InChI=1S/C5H14N4/c1-9(2)5-3-4-7-8-6/h3-5H2,1-2H3,(H2,6,7). The molecule has 0 radical (unpaired) electrons. The lowest BCUT2D eigenvalue weighted by Gasteiger charge is -2.07. The van der Waals surface area contributed by atoms with Crippen molar-refractivity contribution >= 4 is 0 Å². The first-order valence-electron chi connectivity index (χ1n) is 3.01. The monoisotopic (exact) mass is 130 g/mol. The fourth-order valence-electron chi connectivity index (χ4n) is 0.530. The molecule has 0 rings (SSSR count). The Hall–Kier alpha value is -0.640. The minimum Gasteiger partial charge on any atom is -0.309 e. The molecule has 0 amide bonds. The second kappa shape index (κ2) is 5.50. The molecule has 4 nitrogen and oxygen atoms in total. The molecule has 0 heterocycles. The van der Waals surface area contributed by atoms with Crippen LogP contribution in [0.5, 0.6) is 0 Å². The third kappa shape index (κ3) is 7.36. The number of rotatable bonds is 5. The zero-order valence-electron chi connectivity index (χ0n) is 6.02. The van der Waals surface area contributed by atoms with Gasteiger partial charge in [0.15, 0.2) is 0 Å². The van der Waals surface area contributed by atoms with Crippen LogP contribution in [-0.2, 0) is 0 Å². The topological polar surface area (TPSA) is 51.5 Å². The Kier molecular flexibility index (Phi) is 5.11. The van der Waals surface area contributed by atoms with Gasteiger partial charge in [-0.1, -0.05) is 5.22 Å². The van der Waals surface area contributed by atoms with E-state index in [0.29, 0.717) is 0 Å². The summed E-state index contributed by atoms with van der Waals surface area (Å²) in [6.45, 7) is 1.84. The van der Waals surface area contributed by atoms with Crippen LogP contribution in [0.3, 0.4) is 0 Å². The maximum atomic E-state index is 6.39. The number of hydrogen-bond donors (Lipinski definition) is 2. The summed E-state index contributed by atoms with van der Waals surface area (Å²) in [6, 6.07) is 0. The van der Waals surface area contributed by atoms with Gasteiger partial charge in [-0.15, -0.1) is 0 Å². The number of nitrogens with one attached hydrogen (secondary N) is 2. The van der Waals surface area contributed by atoms with Gasteiger partial charge in [-0.3, -0.25) is 5.43 Å². The van der Waals surface area contributed by atoms with Crippen LogP contribution in [0.4, 0.5) is 0 Å². The van der Waals surface area contributed by atoms with Crippen molar-refractivity contribution in [3.05, 3.63) is 0 Å². The van der Waals surface area contributed by atoms with Crippen molar-refractivity contribution in [3.8, 4) is 0 Å². The third-order valence-electron chi connectivity index (χ3n) is 0.973. The molecule has 0 unspecified atom stereocenters. The summed E-state index contributed by atoms with van der Waals surface area (Å²) in [5.41, 5.74) is 8.96. The molecule has 0 aliphatic carbocycles. The second-order valence-electron chi connectivity index (χ2n) is 2.18. The van der Waals surface area contributed by atoms with Crippen molar-refractivity contribution in [1.29, 1.82) is 5.53 Å². The Morgan fingerprint density at radius 1 is 1.56 bits per heavy atom. The van der Waals surface area contributed by atoms with Crippen LogP contribution in [0.2, 0.25) is 0 Å². The van der Waals surface area contributed by atoms with Crippen LogP contribution < -0.4 is 5.43 Å². The highest BCUT2D eigenvalue weighted by Crippen LogP contribution is 1.79. The molecule has 0 spiro atoms. The van der Waals surface area contributed by atoms with Crippen LogP contribution in [-0.4, -0.2) is 32.1 Å². The van der Waals surface area contributed by atoms with Gasteiger partial charge in [0.2, 0.25) is 0 Å². The second-order valence-corrected chi connectivity index (χ2v) is 2.18. The van der Waals surface area contributed by atoms with Gasteiger partial charge in [0, 0.05) is 6.54 Å². The smallest absolute Gasteiger partial charge is 0.0358 e. The molecule has 0 bridgehead atoms. The first-order valence-corrected chi connectivity index (χ1v) is 3.01. The molecule has 0 aromatic heterocycles. The minimum absolute atomic E-state index is 0.793. The minimum atomic E-state index is 0.793. The zero-order chi connectivity index (χ0) is 7.11. The summed E-state index contributed by atoms with van der Waals surface area (Å²) in [7, 11) is 4.05. The van der Waals surface area contributed by atoms with E-state index in [9.17, 15) is 0 Å². The Bertz CT molecular complexity index is 71.4. The summed E-state index contributed by atoms with van der Waals surface area (Å²) in [6.07, 6.45) is 1.04. The Balaban J connectivity index is 2.82. The molecule has 0 aromatic carbocycles. The molecular formula is C5H14N4. The van der Waals surface area contributed by atoms with Crippen LogP contribution in [0.1, 0.15) is 6.42 Å². The van der Waals surface area contributed by atoms with Crippen molar-refractivity contribution in [3.63, 3.8) is 0 Å². The highest BCUT2D eigenvalue weighted by atomic mass is 15.4. The fourth-order valence-corrected chi connectivity index (χ4v) is 0.530. The van der Waals surface area contributed by atoms with E-state index >= 15 is 0 Å². The molecule has 0 aliphatic heterocycles. The van der Waals surface area contributed by atoms with E-state index in [-0.39, 0.29) is 0 Å². The number of hydrogen-bond acceptors (Lipinski definition) is 3. The molecule has 9 heavy (non-hydrogen) atoms. The first-order chi connectivity index (χ1) is 4.27. The Labute approximate surface area is 55.7 Å². The summed E-state index contributed by atoms with van der Waals surface area (Å²) in [5.74, 6) is 0. The Morgan fingerprint density at radius 2 is 2.22 bits per heavy atom. The van der Waals surface area contributed by atoms with Gasteiger partial charge in [0.25, 0.3) is 0 Å². The molecule has 0 aliphatic rings. The molecule has 0 aromatic rings. The van der Waals surface area contributed by atoms with Gasteiger partial charge in [-0.05, 0) is 27.1 Å². The average Bonchev–Trinajstić information content (AvgIpc) is 1.80. The SMILES string of the molecule is CN(C)CCCNN=N. The molecular weight excluding hydrogens is 116 g/mol. The van der Waals surface area contributed by atoms with Crippen LogP contribution in [0.15, 0.2) is 5.22 Å². The number of nitrogens with zero attached hydrogens (tertiary/aromatic N) is 2. The molecule has 4 heteroatoms. The Morgan fingerprint density at radius 3 is 2.67 bits per heavy atom. The molecule has 0 saturated heterocycles. The van der Waals surface area contributed by atoms with E-state index in [2.05, 4.69) is 15.5 Å². The zero-order valence-corrected chi connectivity index (χ0v) is 6.02. The van der Waals surface area contributed by atoms with Gasteiger partial charge >= 0.3 is 0 Å². The molecule has 2 N–H and O–H groups in total. The highest BCUT2D eigenvalue weighted by molar-refractivity contribution is 4.44. The lowest BCUT2D eigenvalue weighted by atomic mass is 10.4.